The van der Waals surface area contributed by atoms with Crippen LogP contribution < -0.4 is 0 Å². The van der Waals surface area contributed by atoms with E-state index < -0.39 is 3.57 Å². The number of hydrogen-bond acceptors (Lipinski definition) is 0. The summed E-state index contributed by atoms with van der Waals surface area (Å²) in [4.78, 5) is 0. The fourth-order valence-electron chi connectivity index (χ4n) is 0.846. The highest BCUT2D eigenvalue weighted by molar-refractivity contribution is 14.1. The van der Waals surface area contributed by atoms with Gasteiger partial charge in [-0.25, -0.2) is 4.39 Å². The van der Waals surface area contributed by atoms with Gasteiger partial charge in [0.25, 0.3) is 0 Å². The van der Waals surface area contributed by atoms with E-state index in [-0.39, 0.29) is 0 Å². The minimum Gasteiger partial charge on any atom is -0.238 e. The summed E-state index contributed by atoms with van der Waals surface area (Å²) in [6.07, 6.45) is 0. The maximum Gasteiger partial charge on any atom is 0.169 e. The van der Waals surface area contributed by atoms with Crippen LogP contribution in [-0.4, -0.2) is 7.85 Å². The molecule has 0 heterocycles. The Morgan fingerprint density at radius 3 is 2.18 bits per heavy atom. The summed E-state index contributed by atoms with van der Waals surface area (Å²) in [5.74, 6) is 0. The molecule has 0 saturated carbocycles. The first-order valence-corrected chi connectivity index (χ1v) is 4.53. The highest BCUT2D eigenvalue weighted by Crippen LogP contribution is 2.29. The van der Waals surface area contributed by atoms with Crippen LogP contribution in [0.25, 0.3) is 0 Å². The Balaban J connectivity index is 2.99. The number of halogens is 2. The van der Waals surface area contributed by atoms with Crippen LogP contribution in [-0.2, 0) is 3.57 Å². The molecule has 0 nitrogen and oxygen atoms in total. The second kappa shape index (κ2) is 3.13. The predicted molar refractivity (Wildman–Crippen MR) is 56.5 cm³/mol. The molecule has 1 rings (SSSR count). The molecule has 1 unspecified atom stereocenters. The largest absolute Gasteiger partial charge is 0.238 e. The third-order valence-electron chi connectivity index (χ3n) is 1.56. The first-order chi connectivity index (χ1) is 5.00. The molecule has 0 aliphatic rings. The molecule has 0 aliphatic heterocycles. The van der Waals surface area contributed by atoms with Gasteiger partial charge in [0.15, 0.2) is 7.85 Å². The maximum absolute atomic E-state index is 13.2. The molecule has 0 aliphatic carbocycles. The van der Waals surface area contributed by atoms with E-state index >= 15 is 0 Å². The standard InChI is InChI=1S/C8H9BFI/c1-6-2-4-7(5-3-6)8(9,10)11/h2-5H,9H2,1H3. The van der Waals surface area contributed by atoms with Crippen LogP contribution in [0.1, 0.15) is 11.1 Å². The molecule has 0 bridgehead atoms. The SMILES string of the molecule is BC(F)(I)c1ccc(C)cc1. The topological polar surface area (TPSA) is 0 Å². The minimum absolute atomic E-state index is 0.726. The molecule has 0 fully saturated rings. The van der Waals surface area contributed by atoms with E-state index in [0.29, 0.717) is 0 Å². The fourth-order valence-corrected chi connectivity index (χ4v) is 1.21. The number of benzene rings is 1. The summed E-state index contributed by atoms with van der Waals surface area (Å²) in [5, 5.41) is 0. The van der Waals surface area contributed by atoms with E-state index in [9.17, 15) is 4.39 Å². The lowest BCUT2D eigenvalue weighted by Gasteiger charge is -2.12. The van der Waals surface area contributed by atoms with Crippen LogP contribution in [0.2, 0.25) is 0 Å². The van der Waals surface area contributed by atoms with Crippen molar-refractivity contribution in [1.29, 1.82) is 0 Å². The molecule has 0 N–H and O–H groups in total. The van der Waals surface area contributed by atoms with Crippen molar-refractivity contribution in [2.75, 3.05) is 0 Å². The predicted octanol–water partition coefficient (Wildman–Crippen LogP) is 2.14. The average molecular weight is 262 g/mol. The zero-order chi connectivity index (χ0) is 8.48. The van der Waals surface area contributed by atoms with Gasteiger partial charge in [-0.15, -0.1) is 0 Å². The van der Waals surface area contributed by atoms with Crippen LogP contribution in [0.3, 0.4) is 0 Å². The molecule has 3 heteroatoms. The van der Waals surface area contributed by atoms with E-state index in [0.717, 1.165) is 11.1 Å². The van der Waals surface area contributed by atoms with Gasteiger partial charge in [-0.2, -0.15) is 0 Å². The molecule has 0 aromatic heterocycles. The molecular weight excluding hydrogens is 253 g/mol. The summed E-state index contributed by atoms with van der Waals surface area (Å²) in [5.41, 5.74) is 1.89. The maximum atomic E-state index is 13.2. The summed E-state index contributed by atoms with van der Waals surface area (Å²) in [6, 6.07) is 7.49. The zero-order valence-corrected chi connectivity index (χ0v) is 8.72. The quantitative estimate of drug-likeness (QED) is 0.413. The summed E-state index contributed by atoms with van der Waals surface area (Å²) in [7, 11) is 1.55. The minimum atomic E-state index is -1.24. The third-order valence-corrected chi connectivity index (χ3v) is 2.18. The van der Waals surface area contributed by atoms with Gasteiger partial charge in [0.2, 0.25) is 0 Å². The molecule has 1 aromatic rings. The van der Waals surface area contributed by atoms with Crippen LogP contribution >= 0.6 is 22.6 Å². The molecule has 0 radical (unpaired) electrons. The lowest BCUT2D eigenvalue weighted by Crippen LogP contribution is -2.09. The second-order valence-corrected chi connectivity index (χ2v) is 4.78. The van der Waals surface area contributed by atoms with E-state index in [2.05, 4.69) is 0 Å². The summed E-state index contributed by atoms with van der Waals surface area (Å²) < 4.78 is 12.0. The Hall–Kier alpha value is -0.0551. The van der Waals surface area contributed by atoms with Crippen LogP contribution in [0.4, 0.5) is 4.39 Å². The third kappa shape index (κ3) is 2.47. The number of alkyl halides is 2. The first-order valence-electron chi connectivity index (χ1n) is 3.45. The summed E-state index contributed by atoms with van der Waals surface area (Å²) >= 11 is 1.79. The van der Waals surface area contributed by atoms with Crippen molar-refractivity contribution in [1.82, 2.24) is 0 Å². The number of hydrogen-bond donors (Lipinski definition) is 0. The van der Waals surface area contributed by atoms with Crippen LogP contribution in [0.15, 0.2) is 24.3 Å². The lowest BCUT2D eigenvalue weighted by molar-refractivity contribution is 0.437. The highest BCUT2D eigenvalue weighted by Gasteiger charge is 2.19. The van der Waals surface area contributed by atoms with Gasteiger partial charge in [0.1, 0.15) is 3.57 Å². The normalized spacial score (nSPS) is 15.9. The van der Waals surface area contributed by atoms with Crippen LogP contribution in [0.5, 0.6) is 0 Å². The second-order valence-electron chi connectivity index (χ2n) is 2.75. The van der Waals surface area contributed by atoms with Crippen molar-refractivity contribution in [3.05, 3.63) is 35.4 Å². The molecule has 11 heavy (non-hydrogen) atoms. The zero-order valence-electron chi connectivity index (χ0n) is 6.57. The molecule has 58 valence electrons. The fraction of sp³-hybridized carbons (Fsp3) is 0.250. The van der Waals surface area contributed by atoms with E-state index in [4.69, 9.17) is 0 Å². The van der Waals surface area contributed by atoms with Crippen molar-refractivity contribution in [2.24, 2.45) is 0 Å². The lowest BCUT2D eigenvalue weighted by atomic mass is 9.93. The first kappa shape index (κ1) is 9.04. The van der Waals surface area contributed by atoms with E-state index in [1.807, 2.05) is 31.2 Å². The van der Waals surface area contributed by atoms with Gasteiger partial charge in [-0.05, 0) is 35.1 Å². The Kier molecular flexibility index (Phi) is 2.57. The van der Waals surface area contributed by atoms with Crippen molar-refractivity contribution >= 4 is 30.4 Å². The van der Waals surface area contributed by atoms with Gasteiger partial charge in [-0.1, -0.05) is 29.8 Å². The molecule has 1 aromatic carbocycles. The Labute approximate surface area is 80.7 Å². The van der Waals surface area contributed by atoms with Crippen molar-refractivity contribution < 1.29 is 4.39 Å². The van der Waals surface area contributed by atoms with E-state index in [1.54, 1.807) is 30.4 Å². The Bertz CT molecular complexity index is 237. The van der Waals surface area contributed by atoms with Gasteiger partial charge >= 0.3 is 0 Å². The van der Waals surface area contributed by atoms with Crippen molar-refractivity contribution in [2.45, 2.75) is 10.5 Å². The van der Waals surface area contributed by atoms with Crippen molar-refractivity contribution in [3.8, 4) is 0 Å². The Morgan fingerprint density at radius 2 is 1.82 bits per heavy atom. The van der Waals surface area contributed by atoms with E-state index in [1.165, 1.54) is 0 Å². The highest BCUT2D eigenvalue weighted by atomic mass is 127. The van der Waals surface area contributed by atoms with Crippen molar-refractivity contribution in [3.63, 3.8) is 0 Å². The smallest absolute Gasteiger partial charge is 0.169 e. The number of aryl methyl sites for hydroxylation is 1. The van der Waals surface area contributed by atoms with Gasteiger partial charge in [-0.3, -0.25) is 0 Å². The monoisotopic (exact) mass is 262 g/mol. The van der Waals surface area contributed by atoms with Crippen LogP contribution in [0, 0.1) is 6.92 Å². The van der Waals surface area contributed by atoms with Gasteiger partial charge in [0.05, 0.1) is 0 Å². The van der Waals surface area contributed by atoms with Gasteiger partial charge in [0, 0.05) is 0 Å². The molecule has 0 saturated heterocycles. The molecule has 0 spiro atoms. The Morgan fingerprint density at radius 1 is 1.36 bits per heavy atom. The molecule has 1 atom stereocenters. The average Bonchev–Trinajstić information content (AvgIpc) is 1.86. The molecule has 0 amide bonds. The molecular formula is C8H9BFI. The van der Waals surface area contributed by atoms with Gasteiger partial charge < -0.3 is 0 Å². The number of rotatable bonds is 1. The summed E-state index contributed by atoms with van der Waals surface area (Å²) in [6.45, 7) is 1.99.